The SMILES string of the molecule is COc1ccccc1NC(=O)COc1ccc(C(=O)N2CCCCC2)cc1OC. The van der Waals surface area contributed by atoms with Crippen molar-refractivity contribution in [3.8, 4) is 17.2 Å². The third-order valence-corrected chi connectivity index (χ3v) is 4.79. The highest BCUT2D eigenvalue weighted by atomic mass is 16.5. The summed E-state index contributed by atoms with van der Waals surface area (Å²) in [5, 5.41) is 2.75. The molecule has 1 heterocycles. The molecule has 29 heavy (non-hydrogen) atoms. The quantitative estimate of drug-likeness (QED) is 0.774. The Morgan fingerprint density at radius 1 is 0.931 bits per heavy atom. The molecule has 0 aromatic heterocycles. The molecular formula is C22H26N2O5. The van der Waals surface area contributed by atoms with Gasteiger partial charge in [0.1, 0.15) is 5.75 Å². The molecule has 0 unspecified atom stereocenters. The largest absolute Gasteiger partial charge is 0.495 e. The Morgan fingerprint density at radius 3 is 2.38 bits per heavy atom. The van der Waals surface area contributed by atoms with E-state index in [0.29, 0.717) is 28.5 Å². The molecule has 1 fully saturated rings. The minimum atomic E-state index is -0.329. The van der Waals surface area contributed by atoms with Gasteiger partial charge in [0, 0.05) is 18.7 Å². The molecule has 7 heteroatoms. The number of nitrogens with one attached hydrogen (secondary N) is 1. The van der Waals surface area contributed by atoms with Gasteiger partial charge in [-0.1, -0.05) is 12.1 Å². The van der Waals surface area contributed by atoms with Gasteiger partial charge in [0.05, 0.1) is 19.9 Å². The number of likely N-dealkylation sites (tertiary alicyclic amines) is 1. The number of benzene rings is 2. The molecule has 1 saturated heterocycles. The fourth-order valence-electron chi connectivity index (χ4n) is 3.28. The minimum Gasteiger partial charge on any atom is -0.495 e. The second-order valence-electron chi connectivity index (χ2n) is 6.76. The summed E-state index contributed by atoms with van der Waals surface area (Å²) in [6.45, 7) is 1.36. The lowest BCUT2D eigenvalue weighted by molar-refractivity contribution is -0.118. The molecule has 0 bridgehead atoms. The van der Waals surface area contributed by atoms with Crippen molar-refractivity contribution in [2.24, 2.45) is 0 Å². The van der Waals surface area contributed by atoms with Gasteiger partial charge < -0.3 is 24.4 Å². The molecule has 0 atom stereocenters. The Labute approximate surface area is 170 Å². The molecule has 0 spiro atoms. The zero-order valence-corrected chi connectivity index (χ0v) is 16.8. The molecule has 0 saturated carbocycles. The third kappa shape index (κ3) is 5.19. The molecule has 2 aromatic carbocycles. The normalized spacial score (nSPS) is 13.5. The lowest BCUT2D eigenvalue weighted by atomic mass is 10.1. The van der Waals surface area contributed by atoms with Gasteiger partial charge in [-0.2, -0.15) is 0 Å². The summed E-state index contributed by atoms with van der Waals surface area (Å²) in [5.41, 5.74) is 1.12. The van der Waals surface area contributed by atoms with Gasteiger partial charge in [-0.05, 0) is 49.6 Å². The third-order valence-electron chi connectivity index (χ3n) is 4.79. The van der Waals surface area contributed by atoms with Gasteiger partial charge in [0.15, 0.2) is 18.1 Å². The molecule has 0 aliphatic carbocycles. The molecule has 154 valence electrons. The van der Waals surface area contributed by atoms with Crippen molar-refractivity contribution in [3.05, 3.63) is 48.0 Å². The van der Waals surface area contributed by atoms with Gasteiger partial charge in [-0.25, -0.2) is 0 Å². The Hall–Kier alpha value is -3.22. The maximum Gasteiger partial charge on any atom is 0.262 e. The molecule has 2 amide bonds. The van der Waals surface area contributed by atoms with E-state index < -0.39 is 0 Å². The standard InChI is InChI=1S/C22H26N2O5/c1-27-18-9-5-4-8-17(18)23-21(25)15-29-19-11-10-16(14-20(19)28-2)22(26)24-12-6-3-7-13-24/h4-5,8-11,14H,3,6-7,12-13,15H2,1-2H3,(H,23,25). The highest BCUT2D eigenvalue weighted by Gasteiger charge is 2.20. The number of anilines is 1. The van der Waals surface area contributed by atoms with E-state index in [-0.39, 0.29) is 18.4 Å². The average Bonchev–Trinajstić information content (AvgIpc) is 2.78. The van der Waals surface area contributed by atoms with Gasteiger partial charge in [0.2, 0.25) is 0 Å². The van der Waals surface area contributed by atoms with Crippen LogP contribution in [0, 0.1) is 0 Å². The van der Waals surface area contributed by atoms with Gasteiger partial charge >= 0.3 is 0 Å². The van der Waals surface area contributed by atoms with E-state index in [2.05, 4.69) is 5.32 Å². The van der Waals surface area contributed by atoms with Gasteiger partial charge in [-0.15, -0.1) is 0 Å². The Morgan fingerprint density at radius 2 is 1.66 bits per heavy atom. The Kier molecular flexibility index (Phi) is 6.94. The maximum atomic E-state index is 12.7. The van der Waals surface area contributed by atoms with Crippen LogP contribution in [-0.2, 0) is 4.79 Å². The number of rotatable bonds is 7. The van der Waals surface area contributed by atoms with E-state index in [1.54, 1.807) is 43.5 Å². The van der Waals surface area contributed by atoms with Crippen molar-refractivity contribution >= 4 is 17.5 Å². The van der Waals surface area contributed by atoms with Crippen LogP contribution >= 0.6 is 0 Å². The Balaban J connectivity index is 1.63. The van der Waals surface area contributed by atoms with Crippen LogP contribution < -0.4 is 19.5 Å². The monoisotopic (exact) mass is 398 g/mol. The fourth-order valence-corrected chi connectivity index (χ4v) is 3.28. The van der Waals surface area contributed by atoms with E-state index in [4.69, 9.17) is 14.2 Å². The second kappa shape index (κ2) is 9.82. The second-order valence-corrected chi connectivity index (χ2v) is 6.76. The molecule has 3 rings (SSSR count). The average molecular weight is 398 g/mol. The van der Waals surface area contributed by atoms with Crippen LogP contribution in [0.2, 0.25) is 0 Å². The number of carbonyl (C=O) groups is 2. The molecule has 1 aliphatic rings. The van der Waals surface area contributed by atoms with Crippen molar-refractivity contribution < 1.29 is 23.8 Å². The summed E-state index contributed by atoms with van der Waals surface area (Å²) in [5.74, 6) is 1.04. The van der Waals surface area contributed by atoms with Crippen LogP contribution in [0.1, 0.15) is 29.6 Å². The van der Waals surface area contributed by atoms with Crippen LogP contribution in [0.25, 0.3) is 0 Å². The molecule has 7 nitrogen and oxygen atoms in total. The number of piperidine rings is 1. The summed E-state index contributed by atoms with van der Waals surface area (Å²) in [7, 11) is 3.05. The van der Waals surface area contributed by atoms with Crippen LogP contribution in [0.15, 0.2) is 42.5 Å². The molecule has 2 aromatic rings. The molecule has 0 radical (unpaired) electrons. The summed E-state index contributed by atoms with van der Waals surface area (Å²) in [4.78, 5) is 26.8. The predicted octanol–water partition coefficient (Wildman–Crippen LogP) is 3.35. The summed E-state index contributed by atoms with van der Waals surface area (Å²) in [6, 6.07) is 12.2. The first-order valence-corrected chi connectivity index (χ1v) is 9.65. The maximum absolute atomic E-state index is 12.7. The lowest BCUT2D eigenvalue weighted by Crippen LogP contribution is -2.35. The zero-order chi connectivity index (χ0) is 20.6. The van der Waals surface area contributed by atoms with Crippen molar-refractivity contribution in [2.45, 2.75) is 19.3 Å². The number of para-hydroxylation sites is 2. The van der Waals surface area contributed by atoms with Crippen molar-refractivity contribution in [1.82, 2.24) is 4.90 Å². The van der Waals surface area contributed by atoms with Crippen molar-refractivity contribution in [1.29, 1.82) is 0 Å². The van der Waals surface area contributed by atoms with Crippen LogP contribution in [-0.4, -0.2) is 50.6 Å². The zero-order valence-electron chi connectivity index (χ0n) is 16.8. The molecule has 1 N–H and O–H groups in total. The van der Waals surface area contributed by atoms with E-state index in [1.807, 2.05) is 11.0 Å². The van der Waals surface area contributed by atoms with E-state index in [1.165, 1.54) is 7.11 Å². The van der Waals surface area contributed by atoms with Crippen molar-refractivity contribution in [3.63, 3.8) is 0 Å². The number of amides is 2. The number of hydrogen-bond acceptors (Lipinski definition) is 5. The first kappa shape index (κ1) is 20.5. The fraction of sp³-hybridized carbons (Fsp3) is 0.364. The number of hydrogen-bond donors (Lipinski definition) is 1. The number of carbonyl (C=O) groups excluding carboxylic acids is 2. The van der Waals surface area contributed by atoms with Crippen molar-refractivity contribution in [2.75, 3.05) is 39.2 Å². The van der Waals surface area contributed by atoms with Crippen LogP contribution in [0.5, 0.6) is 17.2 Å². The summed E-state index contributed by atoms with van der Waals surface area (Å²) < 4.78 is 16.2. The Bertz CT molecular complexity index is 862. The number of nitrogens with zero attached hydrogens (tertiary/aromatic N) is 1. The number of methoxy groups -OCH3 is 2. The highest BCUT2D eigenvalue weighted by Crippen LogP contribution is 2.29. The van der Waals surface area contributed by atoms with E-state index in [9.17, 15) is 9.59 Å². The predicted molar refractivity (Wildman–Crippen MR) is 110 cm³/mol. The first-order chi connectivity index (χ1) is 14.1. The summed E-state index contributed by atoms with van der Waals surface area (Å²) >= 11 is 0. The highest BCUT2D eigenvalue weighted by molar-refractivity contribution is 5.95. The minimum absolute atomic E-state index is 0.0107. The molecule has 1 aliphatic heterocycles. The topological polar surface area (TPSA) is 77.1 Å². The van der Waals surface area contributed by atoms with Crippen LogP contribution in [0.3, 0.4) is 0 Å². The number of ether oxygens (including phenoxy) is 3. The lowest BCUT2D eigenvalue weighted by Gasteiger charge is -2.27. The smallest absolute Gasteiger partial charge is 0.262 e. The van der Waals surface area contributed by atoms with E-state index in [0.717, 1.165) is 32.4 Å². The van der Waals surface area contributed by atoms with Gasteiger partial charge in [0.25, 0.3) is 11.8 Å². The van der Waals surface area contributed by atoms with Gasteiger partial charge in [-0.3, -0.25) is 9.59 Å². The van der Waals surface area contributed by atoms with E-state index >= 15 is 0 Å². The first-order valence-electron chi connectivity index (χ1n) is 9.65. The molecular weight excluding hydrogens is 372 g/mol. The van der Waals surface area contributed by atoms with Crippen LogP contribution in [0.4, 0.5) is 5.69 Å². The summed E-state index contributed by atoms with van der Waals surface area (Å²) in [6.07, 6.45) is 3.23.